The molecule has 0 aromatic heterocycles. The lowest BCUT2D eigenvalue weighted by atomic mass is 10.2. The van der Waals surface area contributed by atoms with Crippen molar-refractivity contribution < 1.29 is 19.0 Å². The normalized spacial score (nSPS) is 9.59. The molecule has 17 heavy (non-hydrogen) atoms. The van der Waals surface area contributed by atoms with E-state index in [2.05, 4.69) is 10.6 Å². The monoisotopic (exact) mass is 240 g/mol. The second kappa shape index (κ2) is 6.59. The van der Waals surface area contributed by atoms with Crippen LogP contribution in [-0.2, 0) is 4.74 Å². The lowest BCUT2D eigenvalue weighted by molar-refractivity contribution is 0.177. The zero-order valence-electron chi connectivity index (χ0n) is 10.1. The number of hydrogen-bond acceptors (Lipinski definition) is 4. The standard InChI is InChI=1S/C11H16N2O4/c1-15-7-12-11(14)13-9-6-8(16-2)4-5-10(9)17-3/h4-6H,7H2,1-3H3,(H2,12,13,14). The Bertz CT molecular complexity index is 382. The maximum atomic E-state index is 11.4. The van der Waals surface area contributed by atoms with Crippen molar-refractivity contribution in [1.82, 2.24) is 5.32 Å². The summed E-state index contributed by atoms with van der Waals surface area (Å²) in [6.45, 7) is 0.137. The molecule has 0 saturated carbocycles. The van der Waals surface area contributed by atoms with E-state index in [1.807, 2.05) is 0 Å². The van der Waals surface area contributed by atoms with Crippen LogP contribution in [-0.4, -0.2) is 34.1 Å². The van der Waals surface area contributed by atoms with Gasteiger partial charge in [0.1, 0.15) is 18.2 Å². The van der Waals surface area contributed by atoms with E-state index in [0.29, 0.717) is 17.2 Å². The van der Waals surface area contributed by atoms with Crippen LogP contribution in [0.4, 0.5) is 10.5 Å². The average Bonchev–Trinajstić information content (AvgIpc) is 2.36. The highest BCUT2D eigenvalue weighted by Gasteiger charge is 2.08. The summed E-state index contributed by atoms with van der Waals surface area (Å²) in [6.07, 6.45) is 0. The number of methoxy groups -OCH3 is 3. The molecule has 1 aromatic rings. The molecule has 2 amide bonds. The maximum absolute atomic E-state index is 11.4. The molecule has 0 fully saturated rings. The van der Waals surface area contributed by atoms with Crippen LogP contribution in [0.15, 0.2) is 18.2 Å². The minimum Gasteiger partial charge on any atom is -0.497 e. The van der Waals surface area contributed by atoms with Crippen LogP contribution in [0.1, 0.15) is 0 Å². The summed E-state index contributed by atoms with van der Waals surface area (Å²) in [7, 11) is 4.57. The first-order valence-corrected chi connectivity index (χ1v) is 4.97. The van der Waals surface area contributed by atoms with Crippen LogP contribution in [0, 0.1) is 0 Å². The molecule has 2 N–H and O–H groups in total. The Morgan fingerprint density at radius 2 is 2.00 bits per heavy atom. The molecule has 6 nitrogen and oxygen atoms in total. The summed E-state index contributed by atoms with van der Waals surface area (Å²) in [4.78, 5) is 11.4. The Labute approximate surface area is 99.9 Å². The fourth-order valence-corrected chi connectivity index (χ4v) is 1.22. The third-order valence-corrected chi connectivity index (χ3v) is 2.03. The highest BCUT2D eigenvalue weighted by molar-refractivity contribution is 5.91. The number of hydrogen-bond donors (Lipinski definition) is 2. The molecule has 6 heteroatoms. The molecule has 0 heterocycles. The van der Waals surface area contributed by atoms with E-state index in [1.54, 1.807) is 25.3 Å². The largest absolute Gasteiger partial charge is 0.497 e. The Morgan fingerprint density at radius 1 is 1.24 bits per heavy atom. The smallest absolute Gasteiger partial charge is 0.321 e. The third kappa shape index (κ3) is 3.84. The van der Waals surface area contributed by atoms with Crippen LogP contribution < -0.4 is 20.1 Å². The molecule has 0 unspecified atom stereocenters. The van der Waals surface area contributed by atoms with Crippen molar-refractivity contribution in [3.05, 3.63) is 18.2 Å². The summed E-state index contributed by atoms with van der Waals surface area (Å²) >= 11 is 0. The van der Waals surface area contributed by atoms with Gasteiger partial charge in [-0.05, 0) is 12.1 Å². The van der Waals surface area contributed by atoms with Crippen LogP contribution in [0.2, 0.25) is 0 Å². The van der Waals surface area contributed by atoms with Gasteiger partial charge in [-0.15, -0.1) is 0 Å². The van der Waals surface area contributed by atoms with Crippen molar-refractivity contribution in [3.63, 3.8) is 0 Å². The van der Waals surface area contributed by atoms with Gasteiger partial charge in [0.15, 0.2) is 0 Å². The highest BCUT2D eigenvalue weighted by atomic mass is 16.5. The van der Waals surface area contributed by atoms with Crippen LogP contribution >= 0.6 is 0 Å². The second-order valence-electron chi connectivity index (χ2n) is 3.13. The molecule has 0 aliphatic carbocycles. The van der Waals surface area contributed by atoms with Crippen molar-refractivity contribution in [2.45, 2.75) is 0 Å². The van der Waals surface area contributed by atoms with Gasteiger partial charge in [0.2, 0.25) is 0 Å². The number of carbonyl (C=O) groups excluding carboxylic acids is 1. The predicted octanol–water partition coefficient (Wildman–Crippen LogP) is 1.43. The lowest BCUT2D eigenvalue weighted by Gasteiger charge is -2.12. The van der Waals surface area contributed by atoms with Gasteiger partial charge >= 0.3 is 6.03 Å². The van der Waals surface area contributed by atoms with Gasteiger partial charge in [0.25, 0.3) is 0 Å². The van der Waals surface area contributed by atoms with Gasteiger partial charge < -0.3 is 24.8 Å². The molecule has 94 valence electrons. The van der Waals surface area contributed by atoms with Gasteiger partial charge in [0, 0.05) is 13.2 Å². The number of urea groups is 1. The topological polar surface area (TPSA) is 68.8 Å². The molecule has 0 atom stereocenters. The fraction of sp³-hybridized carbons (Fsp3) is 0.364. The van der Waals surface area contributed by atoms with E-state index in [0.717, 1.165) is 0 Å². The van der Waals surface area contributed by atoms with E-state index in [-0.39, 0.29) is 12.8 Å². The summed E-state index contributed by atoms with van der Waals surface area (Å²) in [6, 6.07) is 4.76. The fourth-order valence-electron chi connectivity index (χ4n) is 1.22. The van der Waals surface area contributed by atoms with Crippen molar-refractivity contribution in [2.24, 2.45) is 0 Å². The zero-order chi connectivity index (χ0) is 12.7. The number of rotatable bonds is 5. The zero-order valence-corrected chi connectivity index (χ0v) is 10.1. The minimum atomic E-state index is -0.376. The van der Waals surface area contributed by atoms with Gasteiger partial charge in [-0.25, -0.2) is 4.79 Å². The Balaban J connectivity index is 2.76. The van der Waals surface area contributed by atoms with E-state index < -0.39 is 0 Å². The number of carbonyl (C=O) groups is 1. The molecule has 0 spiro atoms. The summed E-state index contributed by atoms with van der Waals surface area (Å²) < 4.78 is 14.9. The van der Waals surface area contributed by atoms with E-state index in [4.69, 9.17) is 14.2 Å². The number of ether oxygens (including phenoxy) is 3. The maximum Gasteiger partial charge on any atom is 0.321 e. The predicted molar refractivity (Wildman–Crippen MR) is 63.6 cm³/mol. The number of nitrogens with one attached hydrogen (secondary N) is 2. The SMILES string of the molecule is COCNC(=O)Nc1cc(OC)ccc1OC. The van der Waals surface area contributed by atoms with Crippen molar-refractivity contribution in [2.75, 3.05) is 33.4 Å². The van der Waals surface area contributed by atoms with E-state index in [1.165, 1.54) is 14.2 Å². The summed E-state index contributed by atoms with van der Waals surface area (Å²) in [5.74, 6) is 1.19. The molecule has 0 bridgehead atoms. The molecule has 1 rings (SSSR count). The van der Waals surface area contributed by atoms with E-state index in [9.17, 15) is 4.79 Å². The summed E-state index contributed by atoms with van der Waals surface area (Å²) in [5.41, 5.74) is 0.528. The summed E-state index contributed by atoms with van der Waals surface area (Å²) in [5, 5.41) is 5.14. The Hall–Kier alpha value is -1.95. The first kappa shape index (κ1) is 13.1. The quantitative estimate of drug-likeness (QED) is 0.764. The average molecular weight is 240 g/mol. The third-order valence-electron chi connectivity index (χ3n) is 2.03. The molecular formula is C11H16N2O4. The van der Waals surface area contributed by atoms with Crippen LogP contribution in [0.5, 0.6) is 11.5 Å². The highest BCUT2D eigenvalue weighted by Crippen LogP contribution is 2.28. The second-order valence-corrected chi connectivity index (χ2v) is 3.13. The minimum absolute atomic E-state index is 0.137. The van der Waals surface area contributed by atoms with Gasteiger partial charge in [-0.3, -0.25) is 0 Å². The van der Waals surface area contributed by atoms with Crippen molar-refractivity contribution in [3.8, 4) is 11.5 Å². The first-order valence-electron chi connectivity index (χ1n) is 4.97. The number of anilines is 1. The molecule has 0 saturated heterocycles. The van der Waals surface area contributed by atoms with Crippen molar-refractivity contribution in [1.29, 1.82) is 0 Å². The molecule has 0 aliphatic rings. The number of amides is 2. The molecule has 0 radical (unpaired) electrons. The van der Waals surface area contributed by atoms with Crippen LogP contribution in [0.25, 0.3) is 0 Å². The van der Waals surface area contributed by atoms with Crippen LogP contribution in [0.3, 0.4) is 0 Å². The Morgan fingerprint density at radius 3 is 2.59 bits per heavy atom. The Kier molecular flexibility index (Phi) is 5.09. The van der Waals surface area contributed by atoms with Crippen molar-refractivity contribution >= 4 is 11.7 Å². The van der Waals surface area contributed by atoms with Gasteiger partial charge in [-0.1, -0.05) is 0 Å². The van der Waals surface area contributed by atoms with E-state index >= 15 is 0 Å². The number of benzene rings is 1. The lowest BCUT2D eigenvalue weighted by Crippen LogP contribution is -2.30. The van der Waals surface area contributed by atoms with Gasteiger partial charge in [0.05, 0.1) is 19.9 Å². The first-order chi connectivity index (χ1) is 8.21. The molecular weight excluding hydrogens is 224 g/mol. The molecule has 1 aromatic carbocycles. The molecule has 0 aliphatic heterocycles. The van der Waals surface area contributed by atoms with Gasteiger partial charge in [-0.2, -0.15) is 0 Å².